The predicted octanol–water partition coefficient (Wildman–Crippen LogP) is 1.30. The zero-order valence-electron chi connectivity index (χ0n) is 9.79. The molecule has 1 saturated heterocycles. The van der Waals surface area contributed by atoms with E-state index in [9.17, 15) is 4.79 Å². The van der Waals surface area contributed by atoms with E-state index < -0.39 is 0 Å². The summed E-state index contributed by atoms with van der Waals surface area (Å²) in [5, 5.41) is 3.21. The fourth-order valence-corrected chi connectivity index (χ4v) is 1.73. The van der Waals surface area contributed by atoms with E-state index in [-0.39, 0.29) is 24.2 Å². The van der Waals surface area contributed by atoms with Crippen molar-refractivity contribution in [3.63, 3.8) is 0 Å². The summed E-state index contributed by atoms with van der Waals surface area (Å²) in [4.78, 5) is 11.5. The Morgan fingerprint density at radius 3 is 2.67 bits per heavy atom. The summed E-state index contributed by atoms with van der Waals surface area (Å²) in [5.41, 5.74) is 0. The molecule has 1 aliphatic rings. The number of hydrogen-bond acceptors (Lipinski definition) is 4. The molecule has 0 radical (unpaired) electrons. The van der Waals surface area contributed by atoms with Crippen LogP contribution in [0.2, 0.25) is 0 Å². The highest BCUT2D eigenvalue weighted by molar-refractivity contribution is 5.75. The first kappa shape index (κ1) is 12.5. The van der Waals surface area contributed by atoms with Crippen LogP contribution in [0, 0.1) is 5.92 Å². The van der Waals surface area contributed by atoms with Gasteiger partial charge in [0.15, 0.2) is 0 Å². The van der Waals surface area contributed by atoms with Gasteiger partial charge in [-0.25, -0.2) is 0 Å². The van der Waals surface area contributed by atoms with Gasteiger partial charge in [-0.05, 0) is 25.2 Å². The van der Waals surface area contributed by atoms with Crippen molar-refractivity contribution < 1.29 is 14.3 Å². The van der Waals surface area contributed by atoms with Gasteiger partial charge in [0.05, 0.1) is 7.11 Å². The van der Waals surface area contributed by atoms with Crippen molar-refractivity contribution in [3.8, 4) is 0 Å². The summed E-state index contributed by atoms with van der Waals surface area (Å²) in [6.45, 7) is 4.78. The highest BCUT2D eigenvalue weighted by Gasteiger charge is 2.26. The maximum Gasteiger partial charge on any atom is 0.323 e. The van der Waals surface area contributed by atoms with E-state index in [2.05, 4.69) is 5.32 Å². The van der Waals surface area contributed by atoms with Crippen LogP contribution in [0.3, 0.4) is 0 Å². The molecule has 4 heteroatoms. The lowest BCUT2D eigenvalue weighted by molar-refractivity contribution is -0.146. The van der Waals surface area contributed by atoms with Crippen molar-refractivity contribution >= 4 is 5.97 Å². The fourth-order valence-electron chi connectivity index (χ4n) is 1.73. The summed E-state index contributed by atoms with van der Waals surface area (Å²) < 4.78 is 10.3. The Morgan fingerprint density at radius 2 is 2.20 bits per heavy atom. The second-order valence-corrected chi connectivity index (χ2v) is 4.27. The zero-order chi connectivity index (χ0) is 11.3. The molecule has 15 heavy (non-hydrogen) atoms. The molecule has 1 rings (SSSR count). The van der Waals surface area contributed by atoms with Crippen molar-refractivity contribution in [3.05, 3.63) is 0 Å². The molecule has 1 unspecified atom stereocenters. The standard InChI is InChI=1S/C11H21NO3/c1-8(2)10(11(13)14-3)12-9-6-4-5-7-15-9/h8-10,12H,4-7H2,1-3H3/t9-,10?/m0/s1. The number of carbonyl (C=O) groups excluding carboxylic acids is 1. The van der Waals surface area contributed by atoms with Crippen molar-refractivity contribution in [2.75, 3.05) is 13.7 Å². The van der Waals surface area contributed by atoms with Crippen molar-refractivity contribution in [2.24, 2.45) is 5.92 Å². The maximum absolute atomic E-state index is 11.5. The summed E-state index contributed by atoms with van der Waals surface area (Å²) >= 11 is 0. The summed E-state index contributed by atoms with van der Waals surface area (Å²) in [7, 11) is 1.42. The molecule has 1 aliphatic heterocycles. The van der Waals surface area contributed by atoms with Crippen molar-refractivity contribution in [2.45, 2.75) is 45.4 Å². The monoisotopic (exact) mass is 215 g/mol. The third-order valence-electron chi connectivity index (χ3n) is 2.67. The molecule has 0 aliphatic carbocycles. The first-order valence-electron chi connectivity index (χ1n) is 5.60. The minimum Gasteiger partial charge on any atom is -0.468 e. The van der Waals surface area contributed by atoms with Crippen LogP contribution in [0.1, 0.15) is 33.1 Å². The Hall–Kier alpha value is -0.610. The van der Waals surface area contributed by atoms with Gasteiger partial charge in [0.1, 0.15) is 12.3 Å². The van der Waals surface area contributed by atoms with Gasteiger partial charge < -0.3 is 9.47 Å². The molecule has 1 N–H and O–H groups in total. The molecule has 0 aromatic rings. The van der Waals surface area contributed by atoms with Gasteiger partial charge in [-0.15, -0.1) is 0 Å². The molecule has 0 aromatic carbocycles. The largest absolute Gasteiger partial charge is 0.468 e. The molecule has 88 valence electrons. The third-order valence-corrected chi connectivity index (χ3v) is 2.67. The Kier molecular flexibility index (Phi) is 5.05. The van der Waals surface area contributed by atoms with Gasteiger partial charge in [-0.1, -0.05) is 13.8 Å². The van der Waals surface area contributed by atoms with Crippen LogP contribution in [-0.4, -0.2) is 32.0 Å². The Balaban J connectivity index is 2.46. The Bertz CT molecular complexity index is 200. The summed E-state index contributed by atoms with van der Waals surface area (Å²) in [5.74, 6) is 0.00199. The number of esters is 1. The van der Waals surface area contributed by atoms with Gasteiger partial charge in [0.25, 0.3) is 0 Å². The maximum atomic E-state index is 11.5. The number of nitrogens with one attached hydrogen (secondary N) is 1. The molecule has 0 bridgehead atoms. The molecule has 1 heterocycles. The molecule has 1 fully saturated rings. The average molecular weight is 215 g/mol. The minimum atomic E-state index is -0.266. The van der Waals surface area contributed by atoms with E-state index in [0.29, 0.717) is 0 Å². The van der Waals surface area contributed by atoms with Gasteiger partial charge in [-0.3, -0.25) is 10.1 Å². The number of carbonyl (C=O) groups is 1. The van der Waals surface area contributed by atoms with Gasteiger partial charge in [0.2, 0.25) is 0 Å². The highest BCUT2D eigenvalue weighted by atomic mass is 16.5. The molecule has 4 nitrogen and oxygen atoms in total. The highest BCUT2D eigenvalue weighted by Crippen LogP contribution is 2.13. The second-order valence-electron chi connectivity index (χ2n) is 4.27. The van der Waals surface area contributed by atoms with Crippen LogP contribution in [0.15, 0.2) is 0 Å². The van der Waals surface area contributed by atoms with E-state index >= 15 is 0 Å². The molecule has 2 atom stereocenters. The molecule has 0 amide bonds. The topological polar surface area (TPSA) is 47.6 Å². The van der Waals surface area contributed by atoms with Crippen LogP contribution in [0.25, 0.3) is 0 Å². The van der Waals surface area contributed by atoms with E-state index in [1.54, 1.807) is 0 Å². The SMILES string of the molecule is COC(=O)C(N[C@@H]1CCCCO1)C(C)C. The molecule has 0 spiro atoms. The zero-order valence-corrected chi connectivity index (χ0v) is 9.79. The lowest BCUT2D eigenvalue weighted by atomic mass is 10.0. The van der Waals surface area contributed by atoms with Crippen LogP contribution < -0.4 is 5.32 Å². The minimum absolute atomic E-state index is 0.00486. The van der Waals surface area contributed by atoms with E-state index in [1.165, 1.54) is 7.11 Å². The quantitative estimate of drug-likeness (QED) is 0.718. The van der Waals surface area contributed by atoms with Crippen LogP contribution in [0.4, 0.5) is 0 Å². The van der Waals surface area contributed by atoms with Gasteiger partial charge in [-0.2, -0.15) is 0 Å². The van der Waals surface area contributed by atoms with E-state index in [0.717, 1.165) is 25.9 Å². The lowest BCUT2D eigenvalue weighted by Gasteiger charge is -2.29. The van der Waals surface area contributed by atoms with Crippen LogP contribution >= 0.6 is 0 Å². The lowest BCUT2D eigenvalue weighted by Crippen LogP contribution is -2.49. The summed E-state index contributed by atoms with van der Waals surface area (Å²) in [6, 6.07) is -0.266. The van der Waals surface area contributed by atoms with E-state index in [1.807, 2.05) is 13.8 Å². The second kappa shape index (κ2) is 6.08. The van der Waals surface area contributed by atoms with Crippen molar-refractivity contribution in [1.29, 1.82) is 0 Å². The molecule has 0 aromatic heterocycles. The third kappa shape index (κ3) is 3.80. The molecular weight excluding hydrogens is 194 g/mol. The van der Waals surface area contributed by atoms with Crippen molar-refractivity contribution in [1.82, 2.24) is 5.32 Å². The summed E-state index contributed by atoms with van der Waals surface area (Å²) in [6.07, 6.45) is 3.25. The van der Waals surface area contributed by atoms with Crippen LogP contribution in [0.5, 0.6) is 0 Å². The molecule has 0 saturated carbocycles. The normalized spacial score (nSPS) is 23.9. The first-order valence-corrected chi connectivity index (χ1v) is 5.60. The average Bonchev–Trinajstić information content (AvgIpc) is 2.26. The van der Waals surface area contributed by atoms with E-state index in [4.69, 9.17) is 9.47 Å². The first-order chi connectivity index (χ1) is 7.15. The smallest absolute Gasteiger partial charge is 0.323 e. The number of hydrogen-bond donors (Lipinski definition) is 1. The Morgan fingerprint density at radius 1 is 1.47 bits per heavy atom. The molecular formula is C11H21NO3. The number of ether oxygens (including phenoxy) is 2. The van der Waals surface area contributed by atoms with Gasteiger partial charge >= 0.3 is 5.97 Å². The Labute approximate surface area is 91.3 Å². The number of rotatable bonds is 4. The van der Waals surface area contributed by atoms with Gasteiger partial charge in [0, 0.05) is 6.61 Å². The fraction of sp³-hybridized carbons (Fsp3) is 0.909. The number of methoxy groups -OCH3 is 1. The van der Waals surface area contributed by atoms with Crippen LogP contribution in [-0.2, 0) is 14.3 Å². The predicted molar refractivity (Wildman–Crippen MR) is 57.4 cm³/mol.